The van der Waals surface area contributed by atoms with Crippen LogP contribution >= 0.6 is 0 Å². The highest BCUT2D eigenvalue weighted by molar-refractivity contribution is 5.49. The molecular weight excluding hydrogens is 222 g/mol. The standard InChI is InChI=1S/C16H23NO/c17-16(10-4-5-11-16)15-13-7-3-1-2-6-12(13)8-9-14(15)18/h8-9,18H,1-7,10-11,17H2. The number of hydrogen-bond donors (Lipinski definition) is 2. The molecule has 1 saturated carbocycles. The van der Waals surface area contributed by atoms with E-state index >= 15 is 0 Å². The van der Waals surface area contributed by atoms with Gasteiger partial charge in [-0.15, -0.1) is 0 Å². The maximum Gasteiger partial charge on any atom is 0.120 e. The van der Waals surface area contributed by atoms with Gasteiger partial charge in [0.2, 0.25) is 0 Å². The summed E-state index contributed by atoms with van der Waals surface area (Å²) >= 11 is 0. The Kier molecular flexibility index (Phi) is 3.06. The lowest BCUT2D eigenvalue weighted by Gasteiger charge is -2.29. The summed E-state index contributed by atoms with van der Waals surface area (Å²) in [5, 5.41) is 10.3. The van der Waals surface area contributed by atoms with Crippen LogP contribution in [0.5, 0.6) is 5.75 Å². The molecule has 2 heteroatoms. The van der Waals surface area contributed by atoms with E-state index in [1.807, 2.05) is 6.07 Å². The summed E-state index contributed by atoms with van der Waals surface area (Å²) in [4.78, 5) is 0. The fraction of sp³-hybridized carbons (Fsp3) is 0.625. The monoisotopic (exact) mass is 245 g/mol. The van der Waals surface area contributed by atoms with Crippen LogP contribution in [0.4, 0.5) is 0 Å². The van der Waals surface area contributed by atoms with Gasteiger partial charge in [-0.25, -0.2) is 0 Å². The molecule has 18 heavy (non-hydrogen) atoms. The Morgan fingerprint density at radius 1 is 0.944 bits per heavy atom. The zero-order valence-corrected chi connectivity index (χ0v) is 11.0. The smallest absolute Gasteiger partial charge is 0.120 e. The molecule has 1 aromatic carbocycles. The number of nitrogens with two attached hydrogens (primary N) is 1. The molecule has 1 fully saturated rings. The molecule has 0 aliphatic heterocycles. The van der Waals surface area contributed by atoms with Crippen molar-refractivity contribution in [3.63, 3.8) is 0 Å². The topological polar surface area (TPSA) is 46.2 Å². The molecule has 0 radical (unpaired) electrons. The van der Waals surface area contributed by atoms with Crippen molar-refractivity contribution < 1.29 is 5.11 Å². The highest BCUT2D eigenvalue weighted by atomic mass is 16.3. The van der Waals surface area contributed by atoms with Gasteiger partial charge in [0.15, 0.2) is 0 Å². The molecule has 0 aromatic heterocycles. The zero-order chi connectivity index (χ0) is 12.6. The Bertz CT molecular complexity index is 447. The van der Waals surface area contributed by atoms with Crippen molar-refractivity contribution >= 4 is 0 Å². The van der Waals surface area contributed by atoms with Crippen molar-refractivity contribution in [2.75, 3.05) is 0 Å². The minimum Gasteiger partial charge on any atom is -0.508 e. The van der Waals surface area contributed by atoms with Gasteiger partial charge in [-0.3, -0.25) is 0 Å². The molecule has 3 N–H and O–H groups in total. The van der Waals surface area contributed by atoms with Crippen molar-refractivity contribution in [3.8, 4) is 5.75 Å². The number of aryl methyl sites for hydroxylation is 1. The molecule has 0 spiro atoms. The van der Waals surface area contributed by atoms with Gasteiger partial charge in [0.25, 0.3) is 0 Å². The fourth-order valence-electron chi connectivity index (χ4n) is 3.80. The van der Waals surface area contributed by atoms with Crippen LogP contribution in [0, 0.1) is 0 Å². The van der Waals surface area contributed by atoms with E-state index < -0.39 is 0 Å². The molecular formula is C16H23NO. The third-order valence-electron chi connectivity index (χ3n) is 4.75. The summed E-state index contributed by atoms with van der Waals surface area (Å²) in [6.45, 7) is 0. The maximum atomic E-state index is 10.3. The molecule has 0 amide bonds. The summed E-state index contributed by atoms with van der Waals surface area (Å²) in [6, 6.07) is 3.98. The molecule has 0 bridgehead atoms. The normalized spacial score (nSPS) is 22.5. The SMILES string of the molecule is NC1(c2c(O)ccc3c2CCCCC3)CCCC1. The van der Waals surface area contributed by atoms with Gasteiger partial charge in [-0.1, -0.05) is 25.3 Å². The summed E-state index contributed by atoms with van der Waals surface area (Å²) in [6.07, 6.45) is 10.5. The number of phenols is 1. The molecule has 0 atom stereocenters. The number of rotatable bonds is 1. The van der Waals surface area contributed by atoms with Crippen LogP contribution in [0.2, 0.25) is 0 Å². The van der Waals surface area contributed by atoms with Crippen molar-refractivity contribution in [1.29, 1.82) is 0 Å². The zero-order valence-electron chi connectivity index (χ0n) is 11.0. The molecule has 2 aliphatic carbocycles. The van der Waals surface area contributed by atoms with Gasteiger partial charge in [-0.05, 0) is 55.7 Å². The summed E-state index contributed by atoms with van der Waals surface area (Å²) in [7, 11) is 0. The van der Waals surface area contributed by atoms with Crippen molar-refractivity contribution in [1.82, 2.24) is 0 Å². The summed E-state index contributed by atoms with van der Waals surface area (Å²) in [5.41, 5.74) is 10.2. The number of hydrogen-bond acceptors (Lipinski definition) is 2. The quantitative estimate of drug-likeness (QED) is 0.745. The summed E-state index contributed by atoms with van der Waals surface area (Å²) < 4.78 is 0. The lowest BCUT2D eigenvalue weighted by Crippen LogP contribution is -2.34. The van der Waals surface area contributed by atoms with Gasteiger partial charge >= 0.3 is 0 Å². The van der Waals surface area contributed by atoms with E-state index in [0.29, 0.717) is 5.75 Å². The number of aromatic hydroxyl groups is 1. The van der Waals surface area contributed by atoms with Gasteiger partial charge < -0.3 is 10.8 Å². The minimum absolute atomic E-state index is 0.264. The Hall–Kier alpha value is -1.02. The first kappa shape index (κ1) is 12.0. The average molecular weight is 245 g/mol. The third kappa shape index (κ3) is 1.93. The van der Waals surface area contributed by atoms with Gasteiger partial charge in [-0.2, -0.15) is 0 Å². The van der Waals surface area contributed by atoms with Crippen LogP contribution in [0.3, 0.4) is 0 Å². The molecule has 0 unspecified atom stereocenters. The Morgan fingerprint density at radius 2 is 1.67 bits per heavy atom. The van der Waals surface area contributed by atoms with Crippen LogP contribution in [-0.4, -0.2) is 5.11 Å². The van der Waals surface area contributed by atoms with Gasteiger partial charge in [0.05, 0.1) is 0 Å². The second-order valence-electron chi connectivity index (χ2n) is 6.02. The minimum atomic E-state index is -0.264. The maximum absolute atomic E-state index is 10.3. The van der Waals surface area contributed by atoms with E-state index in [0.717, 1.165) is 31.2 Å². The van der Waals surface area contributed by atoms with E-state index in [1.54, 1.807) is 0 Å². The van der Waals surface area contributed by atoms with E-state index in [1.165, 1.54) is 43.2 Å². The van der Waals surface area contributed by atoms with Gasteiger partial charge in [0.1, 0.15) is 5.75 Å². The van der Waals surface area contributed by atoms with Crippen molar-refractivity contribution in [2.24, 2.45) is 5.73 Å². The number of phenolic OH excluding ortho intramolecular Hbond substituents is 1. The highest BCUT2D eigenvalue weighted by Crippen LogP contribution is 2.44. The van der Waals surface area contributed by atoms with E-state index in [2.05, 4.69) is 6.07 Å². The molecule has 0 heterocycles. The Labute approximate surface area is 109 Å². The predicted molar refractivity (Wildman–Crippen MR) is 73.7 cm³/mol. The van der Waals surface area contributed by atoms with E-state index in [-0.39, 0.29) is 5.54 Å². The second kappa shape index (κ2) is 4.58. The predicted octanol–water partition coefficient (Wildman–Crippen LogP) is 3.39. The highest BCUT2D eigenvalue weighted by Gasteiger charge is 2.36. The van der Waals surface area contributed by atoms with Crippen LogP contribution < -0.4 is 5.73 Å². The second-order valence-corrected chi connectivity index (χ2v) is 6.02. The molecule has 3 rings (SSSR count). The fourth-order valence-corrected chi connectivity index (χ4v) is 3.80. The van der Waals surface area contributed by atoms with Crippen molar-refractivity contribution in [2.45, 2.75) is 63.3 Å². The number of fused-ring (bicyclic) bond motifs is 1. The Balaban J connectivity index is 2.12. The molecule has 2 aliphatic rings. The molecule has 98 valence electrons. The first-order valence-electron chi connectivity index (χ1n) is 7.34. The van der Waals surface area contributed by atoms with E-state index in [9.17, 15) is 5.11 Å². The van der Waals surface area contributed by atoms with Crippen LogP contribution in [-0.2, 0) is 18.4 Å². The van der Waals surface area contributed by atoms with Gasteiger partial charge in [0, 0.05) is 11.1 Å². The third-order valence-corrected chi connectivity index (χ3v) is 4.75. The molecule has 0 saturated heterocycles. The number of benzene rings is 1. The molecule has 2 nitrogen and oxygen atoms in total. The lowest BCUT2D eigenvalue weighted by molar-refractivity contribution is 0.405. The Morgan fingerprint density at radius 3 is 2.44 bits per heavy atom. The average Bonchev–Trinajstić information content (AvgIpc) is 2.65. The van der Waals surface area contributed by atoms with Crippen LogP contribution in [0.1, 0.15) is 61.6 Å². The first-order valence-corrected chi connectivity index (χ1v) is 7.34. The first-order chi connectivity index (χ1) is 8.71. The van der Waals surface area contributed by atoms with E-state index in [4.69, 9.17) is 5.73 Å². The molecule has 1 aromatic rings. The van der Waals surface area contributed by atoms with Crippen molar-refractivity contribution in [3.05, 3.63) is 28.8 Å². The largest absolute Gasteiger partial charge is 0.508 e. The van der Waals surface area contributed by atoms with Crippen LogP contribution in [0.15, 0.2) is 12.1 Å². The lowest BCUT2D eigenvalue weighted by atomic mass is 9.82. The summed E-state index contributed by atoms with van der Waals surface area (Å²) in [5.74, 6) is 0.431. The van der Waals surface area contributed by atoms with Crippen LogP contribution in [0.25, 0.3) is 0 Å².